The molecule has 0 spiro atoms. The number of hydrogen-bond donors (Lipinski definition) is 2. The van der Waals surface area contributed by atoms with Crippen LogP contribution in [0.5, 0.6) is 0 Å². The molecule has 1 atom stereocenters. The van der Waals surface area contributed by atoms with E-state index in [0.29, 0.717) is 5.92 Å². The van der Waals surface area contributed by atoms with E-state index >= 15 is 0 Å². The van der Waals surface area contributed by atoms with Gasteiger partial charge in [-0.1, -0.05) is 12.8 Å². The summed E-state index contributed by atoms with van der Waals surface area (Å²) in [6.45, 7) is 5.43. The molecule has 1 fully saturated rings. The number of ether oxygens (including phenoxy) is 1. The molecule has 1 saturated carbocycles. The molecule has 0 bridgehead atoms. The third-order valence-electron chi connectivity index (χ3n) is 3.09. The first-order chi connectivity index (χ1) is 8.28. The lowest BCUT2D eigenvalue weighted by Gasteiger charge is -2.26. The van der Waals surface area contributed by atoms with Crippen LogP contribution in [0.2, 0.25) is 0 Å². The Hall–Kier alpha value is -1.26. The number of nitrogens with two attached hydrogens (primary N) is 1. The van der Waals surface area contributed by atoms with Crippen LogP contribution in [-0.2, 0) is 9.53 Å². The van der Waals surface area contributed by atoms with E-state index in [1.807, 2.05) is 20.8 Å². The highest BCUT2D eigenvalue weighted by Gasteiger charge is 2.29. The molecule has 2 amide bonds. The number of rotatable bonds is 4. The van der Waals surface area contributed by atoms with Crippen LogP contribution in [0.4, 0.5) is 4.79 Å². The van der Waals surface area contributed by atoms with Gasteiger partial charge in [0.1, 0.15) is 5.60 Å². The minimum Gasteiger partial charge on any atom is -0.444 e. The largest absolute Gasteiger partial charge is 0.444 e. The fourth-order valence-electron chi connectivity index (χ4n) is 2.37. The van der Waals surface area contributed by atoms with Gasteiger partial charge in [0, 0.05) is 12.5 Å². The summed E-state index contributed by atoms with van der Waals surface area (Å²) in [4.78, 5) is 22.8. The van der Waals surface area contributed by atoms with Crippen molar-refractivity contribution in [1.29, 1.82) is 0 Å². The maximum Gasteiger partial charge on any atom is 0.407 e. The second-order valence-electron chi connectivity index (χ2n) is 5.97. The molecule has 0 aromatic rings. The highest BCUT2D eigenvalue weighted by atomic mass is 16.6. The summed E-state index contributed by atoms with van der Waals surface area (Å²) < 4.78 is 5.21. The molecule has 5 nitrogen and oxygen atoms in total. The zero-order valence-electron chi connectivity index (χ0n) is 11.5. The van der Waals surface area contributed by atoms with E-state index in [2.05, 4.69) is 5.32 Å². The standard InChI is InChI=1S/C13H24N2O3/c1-13(2,3)18-12(17)15-10(8-11(14)16)9-6-4-5-7-9/h9-10H,4-8H2,1-3H3,(H2,14,16)(H,15,17). The summed E-state index contributed by atoms with van der Waals surface area (Å²) in [5.74, 6) is -0.0482. The van der Waals surface area contributed by atoms with Gasteiger partial charge in [0.25, 0.3) is 0 Å². The van der Waals surface area contributed by atoms with Crippen molar-refractivity contribution in [2.75, 3.05) is 0 Å². The van der Waals surface area contributed by atoms with Crippen LogP contribution in [0.1, 0.15) is 52.9 Å². The number of nitrogens with one attached hydrogen (secondary N) is 1. The fourth-order valence-corrected chi connectivity index (χ4v) is 2.37. The Morgan fingerprint density at radius 3 is 2.33 bits per heavy atom. The van der Waals surface area contributed by atoms with Gasteiger partial charge in [-0.15, -0.1) is 0 Å². The summed E-state index contributed by atoms with van der Waals surface area (Å²) in [6, 6.07) is -0.195. The second-order valence-corrected chi connectivity index (χ2v) is 5.97. The average molecular weight is 256 g/mol. The zero-order chi connectivity index (χ0) is 13.8. The predicted molar refractivity (Wildman–Crippen MR) is 68.9 cm³/mol. The minimum atomic E-state index is -0.531. The quantitative estimate of drug-likeness (QED) is 0.806. The van der Waals surface area contributed by atoms with Crippen LogP contribution in [0.15, 0.2) is 0 Å². The van der Waals surface area contributed by atoms with Crippen molar-refractivity contribution in [2.45, 2.75) is 64.5 Å². The minimum absolute atomic E-state index is 0.184. The van der Waals surface area contributed by atoms with Gasteiger partial charge in [0.05, 0.1) is 0 Å². The van der Waals surface area contributed by atoms with Gasteiger partial charge in [-0.25, -0.2) is 4.79 Å². The molecule has 1 rings (SSSR count). The van der Waals surface area contributed by atoms with Gasteiger partial charge in [0.2, 0.25) is 5.91 Å². The molecule has 104 valence electrons. The Kier molecular flexibility index (Phi) is 4.99. The molecular formula is C13H24N2O3. The van der Waals surface area contributed by atoms with Gasteiger partial charge in [-0.2, -0.15) is 0 Å². The molecule has 0 heterocycles. The maximum absolute atomic E-state index is 11.7. The molecule has 0 aromatic carbocycles. The molecule has 1 unspecified atom stereocenters. The highest BCUT2D eigenvalue weighted by molar-refractivity contribution is 5.76. The number of carbonyl (C=O) groups is 2. The Morgan fingerprint density at radius 1 is 1.33 bits per heavy atom. The maximum atomic E-state index is 11.7. The Morgan fingerprint density at radius 2 is 1.89 bits per heavy atom. The van der Waals surface area contributed by atoms with Gasteiger partial charge in [-0.3, -0.25) is 4.79 Å². The fraction of sp³-hybridized carbons (Fsp3) is 0.846. The molecule has 1 aliphatic carbocycles. The van der Waals surface area contributed by atoms with Crippen LogP contribution in [0, 0.1) is 5.92 Å². The summed E-state index contributed by atoms with van der Waals surface area (Å²) in [5, 5.41) is 2.78. The molecule has 0 radical (unpaired) electrons. The van der Waals surface area contributed by atoms with Gasteiger partial charge < -0.3 is 15.8 Å². The van der Waals surface area contributed by atoms with E-state index in [-0.39, 0.29) is 18.4 Å². The first kappa shape index (κ1) is 14.8. The van der Waals surface area contributed by atoms with E-state index in [9.17, 15) is 9.59 Å². The van der Waals surface area contributed by atoms with Crippen LogP contribution >= 0.6 is 0 Å². The summed E-state index contributed by atoms with van der Waals surface area (Å²) >= 11 is 0. The third kappa shape index (κ3) is 5.38. The highest BCUT2D eigenvalue weighted by Crippen LogP contribution is 2.29. The first-order valence-corrected chi connectivity index (χ1v) is 6.56. The molecule has 0 aromatic heterocycles. The summed E-state index contributed by atoms with van der Waals surface area (Å²) in [7, 11) is 0. The van der Waals surface area contributed by atoms with E-state index < -0.39 is 11.7 Å². The van der Waals surface area contributed by atoms with Crippen LogP contribution in [0.3, 0.4) is 0 Å². The Balaban J connectivity index is 2.54. The van der Waals surface area contributed by atoms with Crippen molar-refractivity contribution in [1.82, 2.24) is 5.32 Å². The normalized spacial score (nSPS) is 18.4. The topological polar surface area (TPSA) is 81.4 Å². The van der Waals surface area contributed by atoms with Crippen molar-refractivity contribution < 1.29 is 14.3 Å². The van der Waals surface area contributed by atoms with Crippen molar-refractivity contribution >= 4 is 12.0 Å². The van der Waals surface area contributed by atoms with E-state index in [1.165, 1.54) is 0 Å². The van der Waals surface area contributed by atoms with Gasteiger partial charge in [0.15, 0.2) is 0 Å². The van der Waals surface area contributed by atoms with Gasteiger partial charge in [-0.05, 0) is 39.5 Å². The molecule has 5 heteroatoms. The number of alkyl carbamates (subject to hydrolysis) is 1. The van der Waals surface area contributed by atoms with Crippen LogP contribution in [-0.4, -0.2) is 23.6 Å². The SMILES string of the molecule is CC(C)(C)OC(=O)NC(CC(N)=O)C1CCCC1. The lowest BCUT2D eigenvalue weighted by Crippen LogP contribution is -2.44. The lowest BCUT2D eigenvalue weighted by atomic mass is 9.95. The van der Waals surface area contributed by atoms with E-state index in [1.54, 1.807) is 0 Å². The first-order valence-electron chi connectivity index (χ1n) is 6.56. The zero-order valence-corrected chi connectivity index (χ0v) is 11.5. The molecular weight excluding hydrogens is 232 g/mol. The molecule has 0 saturated heterocycles. The molecule has 1 aliphatic rings. The Bertz CT molecular complexity index is 304. The third-order valence-corrected chi connectivity index (χ3v) is 3.09. The van der Waals surface area contributed by atoms with Crippen LogP contribution in [0.25, 0.3) is 0 Å². The van der Waals surface area contributed by atoms with Crippen molar-refractivity contribution in [2.24, 2.45) is 11.7 Å². The molecule has 3 N–H and O–H groups in total. The summed E-state index contributed by atoms with van der Waals surface area (Å²) in [6.07, 6.45) is 4.08. The number of carbonyl (C=O) groups excluding carboxylic acids is 2. The number of primary amides is 1. The molecule has 0 aliphatic heterocycles. The average Bonchev–Trinajstić information content (AvgIpc) is 2.64. The van der Waals surface area contributed by atoms with Gasteiger partial charge >= 0.3 is 6.09 Å². The number of amides is 2. The second kappa shape index (κ2) is 6.07. The smallest absolute Gasteiger partial charge is 0.407 e. The van der Waals surface area contributed by atoms with Crippen LogP contribution < -0.4 is 11.1 Å². The van der Waals surface area contributed by atoms with E-state index in [4.69, 9.17) is 10.5 Å². The Labute approximate surface area is 108 Å². The number of hydrogen-bond acceptors (Lipinski definition) is 3. The van der Waals surface area contributed by atoms with Crippen molar-refractivity contribution in [3.63, 3.8) is 0 Å². The van der Waals surface area contributed by atoms with Crippen molar-refractivity contribution in [3.05, 3.63) is 0 Å². The lowest BCUT2D eigenvalue weighted by molar-refractivity contribution is -0.118. The van der Waals surface area contributed by atoms with E-state index in [0.717, 1.165) is 25.7 Å². The summed E-state index contributed by atoms with van der Waals surface area (Å²) in [5.41, 5.74) is 4.70. The van der Waals surface area contributed by atoms with Crippen molar-refractivity contribution in [3.8, 4) is 0 Å². The predicted octanol–water partition coefficient (Wildman–Crippen LogP) is 1.95. The molecule has 18 heavy (non-hydrogen) atoms. The monoisotopic (exact) mass is 256 g/mol.